The second kappa shape index (κ2) is 7.35. The maximum Gasteiger partial charge on any atom is 0.270 e. The average molecular weight is 333 g/mol. The summed E-state index contributed by atoms with van der Waals surface area (Å²) in [5, 5.41) is 10.9. The lowest BCUT2D eigenvalue weighted by molar-refractivity contribution is -0.384. The van der Waals surface area contributed by atoms with Crippen molar-refractivity contribution in [2.75, 3.05) is 11.4 Å². The van der Waals surface area contributed by atoms with E-state index in [1.807, 2.05) is 42.5 Å². The molecule has 0 aliphatic rings. The number of Topliss-reactive ketones (excluding diaryl/α,β-unsaturated/α-hetero) is 1. The van der Waals surface area contributed by atoms with Crippen LogP contribution in [0.15, 0.2) is 79.0 Å². The van der Waals surface area contributed by atoms with Crippen molar-refractivity contribution in [1.82, 2.24) is 4.98 Å². The van der Waals surface area contributed by atoms with Crippen LogP contribution in [-0.4, -0.2) is 22.2 Å². The Labute approximate surface area is 144 Å². The number of nitrogens with zero attached hydrogens (tertiary/aromatic N) is 3. The van der Waals surface area contributed by atoms with Gasteiger partial charge in [0.25, 0.3) is 5.69 Å². The molecule has 0 spiro atoms. The van der Waals surface area contributed by atoms with Gasteiger partial charge in [0.05, 0.1) is 11.5 Å². The van der Waals surface area contributed by atoms with Gasteiger partial charge in [-0.3, -0.25) is 14.9 Å². The largest absolute Gasteiger partial charge is 0.319 e. The zero-order valence-corrected chi connectivity index (χ0v) is 13.3. The Balaban J connectivity index is 1.92. The Morgan fingerprint density at radius 3 is 2.44 bits per heavy atom. The number of carbonyl (C=O) groups is 1. The molecule has 0 bridgehead atoms. The number of hydrogen-bond donors (Lipinski definition) is 0. The fraction of sp³-hybridized carbons (Fsp3) is 0.0526. The number of benzene rings is 2. The summed E-state index contributed by atoms with van der Waals surface area (Å²) in [4.78, 5) is 29.2. The Kier molecular flexibility index (Phi) is 4.80. The molecule has 6 heteroatoms. The van der Waals surface area contributed by atoms with Gasteiger partial charge in [0.2, 0.25) is 0 Å². The number of nitro benzene ring substituents is 1. The van der Waals surface area contributed by atoms with Gasteiger partial charge in [-0.25, -0.2) is 4.98 Å². The fourth-order valence-electron chi connectivity index (χ4n) is 2.45. The van der Waals surface area contributed by atoms with E-state index in [0.717, 1.165) is 5.69 Å². The summed E-state index contributed by atoms with van der Waals surface area (Å²) in [6.07, 6.45) is 1.66. The minimum absolute atomic E-state index is 0.0300. The topological polar surface area (TPSA) is 76.3 Å². The van der Waals surface area contributed by atoms with Crippen LogP contribution in [0.1, 0.15) is 10.4 Å². The molecule has 3 aromatic rings. The van der Waals surface area contributed by atoms with Crippen LogP contribution >= 0.6 is 0 Å². The summed E-state index contributed by atoms with van der Waals surface area (Å²) in [5.41, 5.74) is 1.01. The molecule has 0 fully saturated rings. The second-order valence-electron chi connectivity index (χ2n) is 5.34. The van der Waals surface area contributed by atoms with Gasteiger partial charge < -0.3 is 4.90 Å². The number of nitro groups is 1. The van der Waals surface area contributed by atoms with Crippen molar-refractivity contribution in [3.63, 3.8) is 0 Å². The molecule has 25 heavy (non-hydrogen) atoms. The van der Waals surface area contributed by atoms with Crippen molar-refractivity contribution < 1.29 is 9.72 Å². The fourth-order valence-corrected chi connectivity index (χ4v) is 2.45. The van der Waals surface area contributed by atoms with Crippen molar-refractivity contribution in [3.8, 4) is 0 Å². The number of pyridine rings is 1. The molecule has 0 atom stereocenters. The smallest absolute Gasteiger partial charge is 0.270 e. The van der Waals surface area contributed by atoms with E-state index in [4.69, 9.17) is 0 Å². The Morgan fingerprint density at radius 2 is 1.76 bits per heavy atom. The molecule has 2 aromatic carbocycles. The monoisotopic (exact) mass is 333 g/mol. The minimum atomic E-state index is -0.509. The lowest BCUT2D eigenvalue weighted by atomic mass is 10.1. The van der Waals surface area contributed by atoms with Gasteiger partial charge in [0.15, 0.2) is 5.78 Å². The van der Waals surface area contributed by atoms with Crippen LogP contribution in [-0.2, 0) is 0 Å². The van der Waals surface area contributed by atoms with Gasteiger partial charge in [-0.05, 0) is 24.3 Å². The highest BCUT2D eigenvalue weighted by molar-refractivity contribution is 6.00. The predicted molar refractivity (Wildman–Crippen MR) is 95.1 cm³/mol. The molecule has 1 aromatic heterocycles. The van der Waals surface area contributed by atoms with Gasteiger partial charge >= 0.3 is 0 Å². The van der Waals surface area contributed by atoms with E-state index < -0.39 is 4.92 Å². The van der Waals surface area contributed by atoms with Gasteiger partial charge in [-0.2, -0.15) is 0 Å². The third kappa shape index (κ3) is 3.87. The second-order valence-corrected chi connectivity index (χ2v) is 5.34. The Bertz CT molecular complexity index is 843. The van der Waals surface area contributed by atoms with E-state index in [-0.39, 0.29) is 18.0 Å². The summed E-state index contributed by atoms with van der Waals surface area (Å²) in [7, 11) is 0. The number of anilines is 2. The van der Waals surface area contributed by atoms with Crippen molar-refractivity contribution in [2.24, 2.45) is 0 Å². The number of non-ortho nitro benzene ring substituents is 1. The Hall–Kier alpha value is -3.54. The highest BCUT2D eigenvalue weighted by Gasteiger charge is 2.17. The molecule has 0 amide bonds. The molecule has 3 rings (SSSR count). The van der Waals surface area contributed by atoms with E-state index in [1.54, 1.807) is 23.2 Å². The minimum Gasteiger partial charge on any atom is -0.319 e. The third-order valence-corrected chi connectivity index (χ3v) is 3.67. The lowest BCUT2D eigenvalue weighted by Gasteiger charge is -2.23. The highest BCUT2D eigenvalue weighted by atomic mass is 16.6. The quantitative estimate of drug-likeness (QED) is 0.387. The first kappa shape index (κ1) is 16.3. The summed E-state index contributed by atoms with van der Waals surface area (Å²) in [6.45, 7) is 0.0300. The number of rotatable bonds is 6. The van der Waals surface area contributed by atoms with E-state index in [0.29, 0.717) is 11.4 Å². The molecule has 0 saturated heterocycles. The molecule has 0 aliphatic carbocycles. The van der Waals surface area contributed by atoms with Crippen LogP contribution < -0.4 is 4.90 Å². The number of ketones is 1. The summed E-state index contributed by atoms with van der Waals surface area (Å²) >= 11 is 0. The van der Waals surface area contributed by atoms with Crippen LogP contribution in [0.5, 0.6) is 0 Å². The van der Waals surface area contributed by atoms with Gasteiger partial charge in [-0.15, -0.1) is 0 Å². The van der Waals surface area contributed by atoms with Crippen molar-refractivity contribution in [2.45, 2.75) is 0 Å². The molecule has 1 heterocycles. The number of hydrogen-bond acceptors (Lipinski definition) is 5. The van der Waals surface area contributed by atoms with Crippen molar-refractivity contribution >= 4 is 23.0 Å². The van der Waals surface area contributed by atoms with Crippen molar-refractivity contribution in [3.05, 3.63) is 94.7 Å². The Morgan fingerprint density at radius 1 is 1.00 bits per heavy atom. The van der Waals surface area contributed by atoms with Crippen LogP contribution in [0.2, 0.25) is 0 Å². The average Bonchev–Trinajstić information content (AvgIpc) is 2.67. The number of carbonyl (C=O) groups excluding carboxylic acids is 1. The summed E-state index contributed by atoms with van der Waals surface area (Å²) < 4.78 is 0. The standard InChI is InChI=1S/C19H15N3O3/c23-18(15-7-6-10-17(13-15)22(24)25)14-21(16-8-2-1-3-9-16)19-11-4-5-12-20-19/h1-13H,14H2. The first-order valence-corrected chi connectivity index (χ1v) is 7.66. The molecule has 124 valence electrons. The third-order valence-electron chi connectivity index (χ3n) is 3.67. The zero-order chi connectivity index (χ0) is 17.6. The molecular formula is C19H15N3O3. The van der Waals surface area contributed by atoms with Gasteiger partial charge in [-0.1, -0.05) is 36.4 Å². The SMILES string of the molecule is O=C(CN(c1ccccc1)c1ccccn1)c1cccc([N+](=O)[O-])c1. The van der Waals surface area contributed by atoms with Crippen LogP contribution in [0.3, 0.4) is 0 Å². The molecule has 0 saturated carbocycles. The molecule has 0 aliphatic heterocycles. The molecule has 0 unspecified atom stereocenters. The van der Waals surface area contributed by atoms with Gasteiger partial charge in [0.1, 0.15) is 5.82 Å². The highest BCUT2D eigenvalue weighted by Crippen LogP contribution is 2.24. The van der Waals surface area contributed by atoms with Crippen LogP contribution in [0.4, 0.5) is 17.2 Å². The number of para-hydroxylation sites is 1. The van der Waals surface area contributed by atoms with Crippen LogP contribution in [0, 0.1) is 10.1 Å². The van der Waals surface area contributed by atoms with E-state index in [1.165, 1.54) is 18.2 Å². The lowest BCUT2D eigenvalue weighted by Crippen LogP contribution is -2.26. The first-order valence-electron chi connectivity index (χ1n) is 7.66. The zero-order valence-electron chi connectivity index (χ0n) is 13.3. The van der Waals surface area contributed by atoms with E-state index >= 15 is 0 Å². The molecular weight excluding hydrogens is 318 g/mol. The summed E-state index contributed by atoms with van der Waals surface area (Å²) in [6, 6.07) is 20.6. The molecule has 0 N–H and O–H groups in total. The first-order chi connectivity index (χ1) is 12.1. The predicted octanol–water partition coefficient (Wildman–Crippen LogP) is 4.01. The van der Waals surface area contributed by atoms with E-state index in [9.17, 15) is 14.9 Å². The normalized spacial score (nSPS) is 10.2. The van der Waals surface area contributed by atoms with E-state index in [2.05, 4.69) is 4.98 Å². The summed E-state index contributed by atoms with van der Waals surface area (Å²) in [5.74, 6) is 0.408. The molecule has 6 nitrogen and oxygen atoms in total. The maximum absolute atomic E-state index is 12.7. The van der Waals surface area contributed by atoms with Crippen molar-refractivity contribution in [1.29, 1.82) is 0 Å². The maximum atomic E-state index is 12.7. The molecule has 0 radical (unpaired) electrons. The number of aromatic nitrogens is 1. The van der Waals surface area contributed by atoms with Crippen LogP contribution in [0.25, 0.3) is 0 Å². The van der Waals surface area contributed by atoms with Gasteiger partial charge in [0, 0.05) is 29.6 Å².